The molecule has 0 bridgehead atoms. The van der Waals surface area contributed by atoms with Crippen molar-refractivity contribution in [2.24, 2.45) is 11.8 Å². The Bertz CT molecular complexity index is 478. The van der Waals surface area contributed by atoms with Crippen molar-refractivity contribution >= 4 is 35.3 Å². The Balaban J connectivity index is 2.03. The molecule has 0 unspecified atom stereocenters. The highest BCUT2D eigenvalue weighted by molar-refractivity contribution is 8.17. The summed E-state index contributed by atoms with van der Waals surface area (Å²) in [6.07, 6.45) is 5.02. The lowest BCUT2D eigenvalue weighted by Crippen LogP contribution is -2.32. The summed E-state index contributed by atoms with van der Waals surface area (Å²) in [6.45, 7) is 1.03. The first-order chi connectivity index (χ1) is 12.7. The molecule has 6 nitrogen and oxygen atoms in total. The first-order valence-electron chi connectivity index (χ1n) is 8.85. The lowest BCUT2D eigenvalue weighted by atomic mass is 9.91. The molecule has 1 aliphatic carbocycles. The van der Waals surface area contributed by atoms with E-state index in [2.05, 4.69) is 4.74 Å². The molecule has 0 N–H and O–H groups in total. The number of Topliss-reactive ketones (excluding diaryl/α,β-unsaturated/α-hetero) is 1. The fourth-order valence-corrected chi connectivity index (χ4v) is 6.54. The number of esters is 1. The van der Waals surface area contributed by atoms with Gasteiger partial charge in [0, 0.05) is 31.9 Å². The fraction of sp³-hybridized carbons (Fsp3) is 0.778. The van der Waals surface area contributed by atoms with Crippen molar-refractivity contribution in [2.45, 2.75) is 29.9 Å². The van der Waals surface area contributed by atoms with Crippen molar-refractivity contribution in [2.75, 3.05) is 45.7 Å². The molecule has 2 rings (SSSR count). The van der Waals surface area contributed by atoms with Crippen LogP contribution < -0.4 is 0 Å². The highest BCUT2D eigenvalue weighted by Crippen LogP contribution is 2.46. The van der Waals surface area contributed by atoms with Gasteiger partial charge in [-0.3, -0.25) is 4.79 Å². The van der Waals surface area contributed by atoms with E-state index in [9.17, 15) is 9.59 Å². The van der Waals surface area contributed by atoms with Gasteiger partial charge in [-0.1, -0.05) is 0 Å². The van der Waals surface area contributed by atoms with Gasteiger partial charge >= 0.3 is 5.97 Å². The van der Waals surface area contributed by atoms with Crippen LogP contribution in [0.2, 0.25) is 0 Å². The molecule has 0 aromatic heterocycles. The number of rotatable bonds is 10. The Morgan fingerprint density at radius 1 is 1.23 bits per heavy atom. The Morgan fingerprint density at radius 3 is 2.69 bits per heavy atom. The van der Waals surface area contributed by atoms with Crippen LogP contribution in [0.3, 0.4) is 0 Å². The average Bonchev–Trinajstić information content (AvgIpc) is 3.06. The SMILES string of the molecule is COCCOCO[C@H](/C=C/C(=O)OC)[C@@H]1CC(=O)C[C@H]1C1SCCCS1. The Kier molecular flexibility index (Phi) is 10.1. The summed E-state index contributed by atoms with van der Waals surface area (Å²) in [5.74, 6) is 2.42. The third kappa shape index (κ3) is 6.88. The minimum Gasteiger partial charge on any atom is -0.466 e. The number of ketones is 1. The standard InChI is InChI=1S/C18H28O6S2/c1-21-6-7-23-12-24-16(4-5-17(20)22-2)14-10-13(19)11-15(14)18-25-8-3-9-26-18/h4-5,14-16,18H,3,6-12H2,1-2H3/b5-4+/t14-,15-,16-/m1/s1. The molecule has 1 saturated heterocycles. The fourth-order valence-electron chi connectivity index (χ4n) is 3.21. The predicted molar refractivity (Wildman–Crippen MR) is 103 cm³/mol. The molecule has 0 spiro atoms. The molecule has 2 fully saturated rings. The van der Waals surface area contributed by atoms with Crippen LogP contribution in [0.25, 0.3) is 0 Å². The van der Waals surface area contributed by atoms with Gasteiger partial charge in [-0.15, -0.1) is 23.5 Å². The molecule has 148 valence electrons. The second-order valence-corrected chi connectivity index (χ2v) is 9.07. The summed E-state index contributed by atoms with van der Waals surface area (Å²) in [5.41, 5.74) is 0. The quantitative estimate of drug-likeness (QED) is 0.238. The molecular formula is C18H28O6S2. The van der Waals surface area contributed by atoms with E-state index in [4.69, 9.17) is 14.2 Å². The number of carbonyl (C=O) groups excluding carboxylic acids is 2. The summed E-state index contributed by atoms with van der Waals surface area (Å²) in [6, 6.07) is 0. The van der Waals surface area contributed by atoms with E-state index in [-0.39, 0.29) is 30.5 Å². The third-order valence-corrected chi connectivity index (χ3v) is 7.72. The largest absolute Gasteiger partial charge is 0.466 e. The van der Waals surface area contributed by atoms with E-state index in [1.54, 1.807) is 13.2 Å². The summed E-state index contributed by atoms with van der Waals surface area (Å²) >= 11 is 3.88. The van der Waals surface area contributed by atoms with Crippen molar-refractivity contribution in [1.82, 2.24) is 0 Å². The minimum absolute atomic E-state index is 0.0533. The average molecular weight is 405 g/mol. The van der Waals surface area contributed by atoms with Gasteiger partial charge in [0.25, 0.3) is 0 Å². The summed E-state index contributed by atoms with van der Waals surface area (Å²) in [5, 5.41) is 0. The molecule has 3 atom stereocenters. The number of methoxy groups -OCH3 is 2. The number of hydrogen-bond donors (Lipinski definition) is 0. The van der Waals surface area contributed by atoms with E-state index in [0.717, 1.165) is 11.5 Å². The topological polar surface area (TPSA) is 71.1 Å². The first-order valence-corrected chi connectivity index (χ1v) is 10.9. The third-order valence-electron chi connectivity index (χ3n) is 4.50. The van der Waals surface area contributed by atoms with Crippen LogP contribution in [-0.4, -0.2) is 68.2 Å². The summed E-state index contributed by atoms with van der Waals surface area (Å²) in [4.78, 5) is 23.7. The Morgan fingerprint density at radius 2 is 2.00 bits per heavy atom. The number of hydrogen-bond acceptors (Lipinski definition) is 8. The van der Waals surface area contributed by atoms with Crippen molar-refractivity contribution in [3.05, 3.63) is 12.2 Å². The van der Waals surface area contributed by atoms with Crippen molar-refractivity contribution in [3.63, 3.8) is 0 Å². The van der Waals surface area contributed by atoms with Crippen molar-refractivity contribution in [1.29, 1.82) is 0 Å². The molecular weight excluding hydrogens is 376 g/mol. The van der Waals surface area contributed by atoms with Crippen LogP contribution in [0.15, 0.2) is 12.2 Å². The zero-order valence-electron chi connectivity index (χ0n) is 15.4. The second-order valence-electron chi connectivity index (χ2n) is 6.27. The van der Waals surface area contributed by atoms with Gasteiger partial charge in [0.05, 0.1) is 31.0 Å². The maximum Gasteiger partial charge on any atom is 0.330 e. The monoisotopic (exact) mass is 404 g/mol. The molecule has 0 aromatic carbocycles. The molecule has 2 aliphatic rings. The second kappa shape index (κ2) is 12.0. The molecule has 0 amide bonds. The normalized spacial score (nSPS) is 25.7. The van der Waals surface area contributed by atoms with E-state index in [1.807, 2.05) is 23.5 Å². The van der Waals surface area contributed by atoms with Crippen LogP contribution in [0.1, 0.15) is 19.3 Å². The summed E-state index contributed by atoms with van der Waals surface area (Å²) < 4.78 is 21.3. The molecule has 1 aliphatic heterocycles. The Labute approximate surface area is 163 Å². The smallest absolute Gasteiger partial charge is 0.330 e. The zero-order chi connectivity index (χ0) is 18.8. The van der Waals surface area contributed by atoms with E-state index in [1.165, 1.54) is 19.6 Å². The van der Waals surface area contributed by atoms with E-state index in [0.29, 0.717) is 30.6 Å². The van der Waals surface area contributed by atoms with E-state index < -0.39 is 5.97 Å². The maximum absolute atomic E-state index is 12.2. The Hall–Kier alpha value is -0.540. The van der Waals surface area contributed by atoms with Crippen LogP contribution in [-0.2, 0) is 28.5 Å². The van der Waals surface area contributed by atoms with Gasteiger partial charge < -0.3 is 18.9 Å². The molecule has 8 heteroatoms. The van der Waals surface area contributed by atoms with Crippen LogP contribution >= 0.6 is 23.5 Å². The predicted octanol–water partition coefficient (Wildman–Crippen LogP) is 2.51. The van der Waals surface area contributed by atoms with Gasteiger partial charge in [-0.05, 0) is 29.9 Å². The van der Waals surface area contributed by atoms with Gasteiger partial charge in [-0.25, -0.2) is 4.79 Å². The molecule has 1 heterocycles. The number of thioether (sulfide) groups is 2. The maximum atomic E-state index is 12.2. The van der Waals surface area contributed by atoms with Crippen LogP contribution in [0.4, 0.5) is 0 Å². The highest BCUT2D eigenvalue weighted by Gasteiger charge is 2.43. The molecule has 26 heavy (non-hydrogen) atoms. The number of ether oxygens (including phenoxy) is 4. The van der Waals surface area contributed by atoms with Crippen molar-refractivity contribution < 1.29 is 28.5 Å². The highest BCUT2D eigenvalue weighted by atomic mass is 32.2. The van der Waals surface area contributed by atoms with Crippen LogP contribution in [0.5, 0.6) is 0 Å². The minimum atomic E-state index is -0.429. The van der Waals surface area contributed by atoms with Gasteiger partial charge in [0.15, 0.2) is 0 Å². The lowest BCUT2D eigenvalue weighted by Gasteiger charge is -2.33. The lowest BCUT2D eigenvalue weighted by molar-refractivity contribution is -0.135. The molecule has 0 radical (unpaired) electrons. The van der Waals surface area contributed by atoms with Crippen molar-refractivity contribution in [3.8, 4) is 0 Å². The van der Waals surface area contributed by atoms with E-state index >= 15 is 0 Å². The zero-order valence-corrected chi connectivity index (χ0v) is 17.0. The molecule has 1 saturated carbocycles. The van der Waals surface area contributed by atoms with Crippen LogP contribution in [0, 0.1) is 11.8 Å². The van der Waals surface area contributed by atoms with Gasteiger partial charge in [0.1, 0.15) is 12.6 Å². The summed E-state index contributed by atoms with van der Waals surface area (Å²) in [7, 11) is 2.95. The first kappa shape index (κ1) is 21.8. The molecule has 0 aromatic rings. The number of carbonyl (C=O) groups is 2. The van der Waals surface area contributed by atoms with Gasteiger partial charge in [-0.2, -0.15) is 0 Å². The van der Waals surface area contributed by atoms with Gasteiger partial charge in [0.2, 0.25) is 0 Å².